The number of hydrogen-bond donors (Lipinski definition) is 2. The van der Waals surface area contributed by atoms with Crippen molar-refractivity contribution in [2.24, 2.45) is 5.73 Å². The number of aryl methyl sites for hydroxylation is 1. The molecular formula is C10H15N5O2S2. The fraction of sp³-hybridized carbons (Fsp3) is 0.400. The highest BCUT2D eigenvalue weighted by atomic mass is 32.2. The fourth-order valence-corrected chi connectivity index (χ4v) is 3.04. The van der Waals surface area contributed by atoms with Gasteiger partial charge >= 0.3 is 0 Å². The van der Waals surface area contributed by atoms with Crippen molar-refractivity contribution in [1.82, 2.24) is 19.5 Å². The van der Waals surface area contributed by atoms with Gasteiger partial charge in [0.2, 0.25) is 10.0 Å². The van der Waals surface area contributed by atoms with Gasteiger partial charge < -0.3 is 5.73 Å². The second-order valence-corrected chi connectivity index (χ2v) is 6.74. The van der Waals surface area contributed by atoms with Gasteiger partial charge in [0.15, 0.2) is 0 Å². The van der Waals surface area contributed by atoms with E-state index in [9.17, 15) is 8.42 Å². The number of nitrogens with one attached hydrogen (secondary N) is 1. The van der Waals surface area contributed by atoms with E-state index in [-0.39, 0.29) is 11.4 Å². The molecule has 19 heavy (non-hydrogen) atoms. The van der Waals surface area contributed by atoms with Gasteiger partial charge in [0.25, 0.3) is 0 Å². The summed E-state index contributed by atoms with van der Waals surface area (Å²) in [5, 5.41) is 6.67. The summed E-state index contributed by atoms with van der Waals surface area (Å²) in [6, 6.07) is 0. The van der Waals surface area contributed by atoms with Crippen LogP contribution in [0, 0.1) is 6.92 Å². The Morgan fingerprint density at radius 1 is 1.53 bits per heavy atom. The van der Waals surface area contributed by atoms with Gasteiger partial charge in [-0.3, -0.25) is 4.68 Å². The molecule has 0 radical (unpaired) electrons. The largest absolute Gasteiger partial charge is 0.329 e. The van der Waals surface area contributed by atoms with Crippen molar-refractivity contribution in [3.63, 3.8) is 0 Å². The number of nitrogens with two attached hydrogens (primary N) is 1. The van der Waals surface area contributed by atoms with E-state index < -0.39 is 10.0 Å². The number of rotatable bonds is 6. The molecule has 3 N–H and O–H groups in total. The van der Waals surface area contributed by atoms with E-state index in [2.05, 4.69) is 14.8 Å². The lowest BCUT2D eigenvalue weighted by molar-refractivity contribution is 0.579. The molecular weight excluding hydrogens is 286 g/mol. The third kappa shape index (κ3) is 3.60. The van der Waals surface area contributed by atoms with E-state index in [4.69, 9.17) is 5.73 Å². The maximum Gasteiger partial charge on any atom is 0.244 e. The minimum Gasteiger partial charge on any atom is -0.329 e. The van der Waals surface area contributed by atoms with Crippen LogP contribution in [0.2, 0.25) is 0 Å². The summed E-state index contributed by atoms with van der Waals surface area (Å²) in [7, 11) is -3.56. The molecule has 2 rings (SSSR count). The molecule has 2 heterocycles. The number of thiazole rings is 1. The van der Waals surface area contributed by atoms with Crippen LogP contribution in [0.25, 0.3) is 0 Å². The zero-order valence-corrected chi connectivity index (χ0v) is 12.0. The van der Waals surface area contributed by atoms with Crippen molar-refractivity contribution in [2.75, 3.05) is 6.54 Å². The second-order valence-electron chi connectivity index (χ2n) is 3.91. The van der Waals surface area contributed by atoms with Crippen LogP contribution in [0.1, 0.15) is 10.7 Å². The Bertz CT molecular complexity index is 646. The standard InChI is InChI=1S/C10H15N5O2S2/c1-8-14-9(7-18-8)4-13-19(16,17)10-5-12-15(6-10)3-2-11/h5-7,13H,2-4,11H2,1H3. The van der Waals surface area contributed by atoms with E-state index >= 15 is 0 Å². The van der Waals surface area contributed by atoms with Gasteiger partial charge in [0.1, 0.15) is 4.90 Å². The molecule has 0 aromatic carbocycles. The van der Waals surface area contributed by atoms with Crippen molar-refractivity contribution >= 4 is 21.4 Å². The van der Waals surface area contributed by atoms with Gasteiger partial charge in [-0.05, 0) is 6.92 Å². The van der Waals surface area contributed by atoms with E-state index in [1.807, 2.05) is 12.3 Å². The molecule has 9 heteroatoms. The molecule has 0 aliphatic rings. The Hall–Kier alpha value is -1.29. The summed E-state index contributed by atoms with van der Waals surface area (Å²) in [6.45, 7) is 2.95. The van der Waals surface area contributed by atoms with Crippen LogP contribution in [0.15, 0.2) is 22.7 Å². The fourth-order valence-electron chi connectivity index (χ4n) is 1.48. The molecule has 0 saturated heterocycles. The first-order valence-electron chi connectivity index (χ1n) is 5.64. The molecule has 0 bridgehead atoms. The zero-order valence-electron chi connectivity index (χ0n) is 10.4. The van der Waals surface area contributed by atoms with Gasteiger partial charge in [-0.15, -0.1) is 11.3 Å². The van der Waals surface area contributed by atoms with Gasteiger partial charge in [0, 0.05) is 18.1 Å². The van der Waals surface area contributed by atoms with Crippen molar-refractivity contribution < 1.29 is 8.42 Å². The highest BCUT2D eigenvalue weighted by Gasteiger charge is 2.16. The average Bonchev–Trinajstić information content (AvgIpc) is 2.97. The van der Waals surface area contributed by atoms with Crippen LogP contribution in [0.3, 0.4) is 0 Å². The van der Waals surface area contributed by atoms with E-state index in [0.717, 1.165) is 5.01 Å². The minimum absolute atomic E-state index is 0.132. The molecule has 0 aliphatic carbocycles. The highest BCUT2D eigenvalue weighted by molar-refractivity contribution is 7.89. The molecule has 0 fully saturated rings. The maximum atomic E-state index is 12.0. The van der Waals surface area contributed by atoms with Crippen LogP contribution >= 0.6 is 11.3 Å². The van der Waals surface area contributed by atoms with Crippen LogP contribution in [0.5, 0.6) is 0 Å². The molecule has 2 aromatic rings. The van der Waals surface area contributed by atoms with E-state index in [1.165, 1.54) is 28.4 Å². The Kier molecular flexibility index (Phi) is 4.30. The van der Waals surface area contributed by atoms with Crippen LogP contribution in [-0.4, -0.2) is 29.7 Å². The molecule has 7 nitrogen and oxygen atoms in total. The number of nitrogens with zero attached hydrogens (tertiary/aromatic N) is 3. The summed E-state index contributed by atoms with van der Waals surface area (Å²) in [4.78, 5) is 4.33. The first kappa shape index (κ1) is 14.1. The Morgan fingerprint density at radius 2 is 2.32 bits per heavy atom. The summed E-state index contributed by atoms with van der Waals surface area (Å²) < 4.78 is 28.0. The van der Waals surface area contributed by atoms with Crippen molar-refractivity contribution in [1.29, 1.82) is 0 Å². The van der Waals surface area contributed by atoms with Gasteiger partial charge in [0.05, 0.1) is 30.0 Å². The molecule has 0 amide bonds. The first-order valence-corrected chi connectivity index (χ1v) is 8.01. The zero-order chi connectivity index (χ0) is 13.9. The third-order valence-corrected chi connectivity index (χ3v) is 4.57. The van der Waals surface area contributed by atoms with Crippen LogP contribution < -0.4 is 10.5 Å². The second kappa shape index (κ2) is 5.78. The highest BCUT2D eigenvalue weighted by Crippen LogP contribution is 2.10. The Labute approximate surface area is 115 Å². The van der Waals surface area contributed by atoms with E-state index in [1.54, 1.807) is 0 Å². The molecule has 2 aromatic heterocycles. The van der Waals surface area contributed by atoms with Crippen molar-refractivity contribution in [3.05, 3.63) is 28.5 Å². The summed E-state index contributed by atoms with van der Waals surface area (Å²) in [5.74, 6) is 0. The average molecular weight is 301 g/mol. The van der Waals surface area contributed by atoms with Gasteiger partial charge in [-0.1, -0.05) is 0 Å². The summed E-state index contributed by atoms with van der Waals surface area (Å²) in [5.41, 5.74) is 6.09. The topological polar surface area (TPSA) is 103 Å². The molecule has 0 aliphatic heterocycles. The van der Waals surface area contributed by atoms with Crippen LogP contribution in [-0.2, 0) is 23.1 Å². The number of hydrogen-bond acceptors (Lipinski definition) is 6. The lowest BCUT2D eigenvalue weighted by Crippen LogP contribution is -2.23. The third-order valence-electron chi connectivity index (χ3n) is 2.39. The molecule has 0 spiro atoms. The number of aromatic nitrogens is 3. The smallest absolute Gasteiger partial charge is 0.244 e. The predicted octanol–water partition coefficient (Wildman–Crippen LogP) is 0.0852. The summed E-state index contributed by atoms with van der Waals surface area (Å²) >= 11 is 1.49. The monoisotopic (exact) mass is 301 g/mol. The number of sulfonamides is 1. The Morgan fingerprint density at radius 3 is 2.95 bits per heavy atom. The van der Waals surface area contributed by atoms with Gasteiger partial charge in [-0.25, -0.2) is 18.1 Å². The molecule has 0 unspecified atom stereocenters. The normalized spacial score (nSPS) is 11.9. The lowest BCUT2D eigenvalue weighted by Gasteiger charge is -2.02. The van der Waals surface area contributed by atoms with Crippen LogP contribution in [0.4, 0.5) is 0 Å². The molecule has 0 atom stereocenters. The van der Waals surface area contributed by atoms with Gasteiger partial charge in [-0.2, -0.15) is 5.10 Å². The minimum atomic E-state index is -3.56. The van der Waals surface area contributed by atoms with E-state index in [0.29, 0.717) is 18.8 Å². The molecule has 104 valence electrons. The first-order chi connectivity index (χ1) is 9.01. The maximum absolute atomic E-state index is 12.0. The van der Waals surface area contributed by atoms with Crippen molar-refractivity contribution in [2.45, 2.75) is 24.9 Å². The predicted molar refractivity (Wildman–Crippen MR) is 72.2 cm³/mol. The van der Waals surface area contributed by atoms with Crippen molar-refractivity contribution in [3.8, 4) is 0 Å². The lowest BCUT2D eigenvalue weighted by atomic mass is 10.5. The quantitative estimate of drug-likeness (QED) is 0.787. The molecule has 0 saturated carbocycles. The SMILES string of the molecule is Cc1nc(CNS(=O)(=O)c2cnn(CCN)c2)cs1. The Balaban J connectivity index is 2.04. The summed E-state index contributed by atoms with van der Waals surface area (Å²) in [6.07, 6.45) is 2.77.